The normalized spacial score (nSPS) is 10.3. The van der Waals surface area contributed by atoms with Crippen molar-refractivity contribution in [1.82, 2.24) is 9.80 Å². The number of aryl methyl sites for hydroxylation is 2. The number of carbonyl (C=O) groups is 4. The molecule has 0 aliphatic heterocycles. The SMILES string of the molecule is Cc1ccc(NC(=O)OCCOc2ccc(-c3ccc(OCCOC(=O)Nc4ccc(C)c(NC(=O)N(C)C)c4)cc3)cc2)cc1NC(=O)N(C)C. The fourth-order valence-electron chi connectivity index (χ4n) is 4.51. The van der Waals surface area contributed by atoms with Crippen molar-refractivity contribution < 1.29 is 38.1 Å². The van der Waals surface area contributed by atoms with Crippen molar-refractivity contribution >= 4 is 47.0 Å². The molecule has 6 amide bonds. The zero-order chi connectivity index (χ0) is 37.6. The summed E-state index contributed by atoms with van der Waals surface area (Å²) in [7, 11) is 6.57. The van der Waals surface area contributed by atoms with Crippen LogP contribution >= 0.6 is 0 Å². The van der Waals surface area contributed by atoms with Gasteiger partial charge in [-0.25, -0.2) is 19.2 Å². The second-order valence-corrected chi connectivity index (χ2v) is 12.0. The molecule has 52 heavy (non-hydrogen) atoms. The van der Waals surface area contributed by atoms with Crippen LogP contribution in [0.4, 0.5) is 41.9 Å². The number of nitrogens with zero attached hydrogens (tertiary/aromatic N) is 2. The number of nitrogens with one attached hydrogen (secondary N) is 4. The van der Waals surface area contributed by atoms with Gasteiger partial charge in [0.05, 0.1) is 0 Å². The monoisotopic (exact) mass is 712 g/mol. The molecule has 0 bridgehead atoms. The van der Waals surface area contributed by atoms with Gasteiger partial charge in [0.15, 0.2) is 0 Å². The first-order valence-corrected chi connectivity index (χ1v) is 16.4. The van der Waals surface area contributed by atoms with E-state index in [1.165, 1.54) is 9.80 Å². The van der Waals surface area contributed by atoms with Gasteiger partial charge in [-0.2, -0.15) is 0 Å². The number of rotatable bonds is 13. The third-order valence-electron chi connectivity index (χ3n) is 7.48. The van der Waals surface area contributed by atoms with Crippen LogP contribution in [-0.2, 0) is 9.47 Å². The van der Waals surface area contributed by atoms with Gasteiger partial charge >= 0.3 is 24.2 Å². The number of anilines is 4. The smallest absolute Gasteiger partial charge is 0.411 e. The summed E-state index contributed by atoms with van der Waals surface area (Å²) in [6, 6.07) is 24.8. The molecule has 0 saturated carbocycles. The number of urea groups is 2. The zero-order valence-corrected chi connectivity index (χ0v) is 30.1. The van der Waals surface area contributed by atoms with Crippen LogP contribution in [0.3, 0.4) is 0 Å². The molecule has 0 fully saturated rings. The first-order valence-electron chi connectivity index (χ1n) is 16.4. The third kappa shape index (κ3) is 11.9. The lowest BCUT2D eigenvalue weighted by Crippen LogP contribution is -2.27. The predicted molar refractivity (Wildman–Crippen MR) is 201 cm³/mol. The van der Waals surface area contributed by atoms with Gasteiger partial charge in [0.2, 0.25) is 0 Å². The minimum absolute atomic E-state index is 0.0343. The van der Waals surface area contributed by atoms with Crippen molar-refractivity contribution in [2.75, 3.05) is 75.9 Å². The Morgan fingerprint density at radius 2 is 0.865 bits per heavy atom. The molecule has 0 saturated heterocycles. The molecule has 0 spiro atoms. The first kappa shape index (κ1) is 38.4. The molecule has 0 unspecified atom stereocenters. The molecule has 0 aliphatic carbocycles. The van der Waals surface area contributed by atoms with Crippen LogP contribution in [0.5, 0.6) is 11.5 Å². The van der Waals surface area contributed by atoms with Gasteiger partial charge in [-0.1, -0.05) is 36.4 Å². The number of carbonyl (C=O) groups excluding carboxylic acids is 4. The Labute approximate surface area is 303 Å². The fraction of sp³-hybridized carbons (Fsp3) is 0.263. The van der Waals surface area contributed by atoms with E-state index in [0.29, 0.717) is 34.2 Å². The molecule has 4 aromatic rings. The third-order valence-corrected chi connectivity index (χ3v) is 7.48. The summed E-state index contributed by atoms with van der Waals surface area (Å²) in [6.45, 7) is 4.10. The van der Waals surface area contributed by atoms with E-state index in [2.05, 4.69) is 21.3 Å². The maximum atomic E-state index is 12.3. The van der Waals surface area contributed by atoms with E-state index in [1.807, 2.05) is 62.4 Å². The van der Waals surface area contributed by atoms with Gasteiger partial charge in [-0.3, -0.25) is 10.6 Å². The van der Waals surface area contributed by atoms with Gasteiger partial charge in [-0.15, -0.1) is 0 Å². The summed E-state index contributed by atoms with van der Waals surface area (Å²) in [4.78, 5) is 51.4. The van der Waals surface area contributed by atoms with Crippen molar-refractivity contribution in [2.24, 2.45) is 0 Å². The number of hydrogen-bond acceptors (Lipinski definition) is 8. The van der Waals surface area contributed by atoms with Crippen LogP contribution in [-0.4, -0.2) is 88.7 Å². The van der Waals surface area contributed by atoms with Crippen molar-refractivity contribution in [3.63, 3.8) is 0 Å². The van der Waals surface area contributed by atoms with E-state index >= 15 is 0 Å². The fourth-order valence-corrected chi connectivity index (χ4v) is 4.51. The van der Waals surface area contributed by atoms with Crippen LogP contribution in [0.15, 0.2) is 84.9 Å². The Bertz CT molecular complexity index is 1710. The molecule has 0 heterocycles. The average molecular weight is 713 g/mol. The van der Waals surface area contributed by atoms with Gasteiger partial charge in [0.25, 0.3) is 0 Å². The number of ether oxygens (including phenoxy) is 4. The molecule has 274 valence electrons. The van der Waals surface area contributed by atoms with E-state index in [4.69, 9.17) is 18.9 Å². The number of amides is 6. The maximum absolute atomic E-state index is 12.3. The molecule has 4 rings (SSSR count). The van der Waals surface area contributed by atoms with E-state index in [9.17, 15) is 19.2 Å². The van der Waals surface area contributed by atoms with Crippen LogP contribution in [0.25, 0.3) is 11.1 Å². The van der Waals surface area contributed by atoms with Crippen molar-refractivity contribution in [3.05, 3.63) is 96.1 Å². The summed E-state index contributed by atoms with van der Waals surface area (Å²) < 4.78 is 21.9. The lowest BCUT2D eigenvalue weighted by Gasteiger charge is -2.15. The maximum Gasteiger partial charge on any atom is 0.411 e. The van der Waals surface area contributed by atoms with E-state index in [0.717, 1.165) is 22.3 Å². The highest BCUT2D eigenvalue weighted by Crippen LogP contribution is 2.25. The van der Waals surface area contributed by atoms with E-state index in [-0.39, 0.29) is 38.5 Å². The zero-order valence-electron chi connectivity index (χ0n) is 30.1. The standard InChI is InChI=1S/C38H44N6O8/c1-25-7-13-29(23-33(25)41-35(45)43(3)4)39-37(47)51-21-19-49-31-15-9-27(10-16-31)28-11-17-32(18-12-28)50-20-22-52-38(48)40-30-14-8-26(2)34(24-30)42-36(46)44(5)6/h7-18,23-24H,19-22H2,1-6H3,(H,39,47)(H,40,48)(H,41,45)(H,42,46). The Morgan fingerprint density at radius 3 is 1.21 bits per heavy atom. The summed E-state index contributed by atoms with van der Waals surface area (Å²) >= 11 is 0. The molecular formula is C38H44N6O8. The topological polar surface area (TPSA) is 160 Å². The largest absolute Gasteiger partial charge is 0.490 e. The Kier molecular flexibility index (Phi) is 13.7. The second-order valence-electron chi connectivity index (χ2n) is 12.0. The van der Waals surface area contributed by atoms with E-state index < -0.39 is 12.2 Å². The average Bonchev–Trinajstić information content (AvgIpc) is 3.12. The minimum Gasteiger partial charge on any atom is -0.490 e. The van der Waals surface area contributed by atoms with Crippen LogP contribution < -0.4 is 30.7 Å². The quantitative estimate of drug-likeness (QED) is 0.104. The molecule has 0 atom stereocenters. The molecule has 0 aromatic heterocycles. The van der Waals surface area contributed by atoms with Crippen molar-refractivity contribution in [3.8, 4) is 22.6 Å². The number of benzene rings is 4. The Balaban J connectivity index is 1.14. The summed E-state index contributed by atoms with van der Waals surface area (Å²) in [5.41, 5.74) is 5.78. The van der Waals surface area contributed by atoms with Crippen LogP contribution in [0, 0.1) is 13.8 Å². The van der Waals surface area contributed by atoms with Gasteiger partial charge in [0.1, 0.15) is 37.9 Å². The van der Waals surface area contributed by atoms with Crippen molar-refractivity contribution in [1.29, 1.82) is 0 Å². The molecular weight excluding hydrogens is 668 g/mol. The van der Waals surface area contributed by atoms with Crippen LogP contribution in [0.1, 0.15) is 11.1 Å². The minimum atomic E-state index is -0.639. The van der Waals surface area contributed by atoms with Gasteiger partial charge in [-0.05, 0) is 84.6 Å². The summed E-state index contributed by atoms with van der Waals surface area (Å²) in [5, 5.41) is 10.9. The number of hydrogen-bond donors (Lipinski definition) is 4. The molecule has 14 nitrogen and oxygen atoms in total. The molecule has 0 radical (unpaired) electrons. The van der Waals surface area contributed by atoms with Crippen LogP contribution in [0.2, 0.25) is 0 Å². The summed E-state index contributed by atoms with van der Waals surface area (Å²) in [5.74, 6) is 1.24. The Hall–Kier alpha value is -6.44. The lowest BCUT2D eigenvalue weighted by atomic mass is 10.1. The van der Waals surface area contributed by atoms with E-state index in [1.54, 1.807) is 64.6 Å². The molecule has 0 aliphatic rings. The highest BCUT2D eigenvalue weighted by molar-refractivity contribution is 5.93. The lowest BCUT2D eigenvalue weighted by molar-refractivity contribution is 0.137. The Morgan fingerprint density at radius 1 is 0.500 bits per heavy atom. The molecule has 4 aromatic carbocycles. The molecule has 4 N–H and O–H groups in total. The molecule has 14 heteroatoms. The second kappa shape index (κ2) is 18.5. The first-order chi connectivity index (χ1) is 24.9. The highest BCUT2D eigenvalue weighted by atomic mass is 16.6. The summed E-state index contributed by atoms with van der Waals surface area (Å²) in [6.07, 6.45) is -1.28. The van der Waals surface area contributed by atoms with Gasteiger partial charge < -0.3 is 39.4 Å². The van der Waals surface area contributed by atoms with Crippen molar-refractivity contribution in [2.45, 2.75) is 13.8 Å². The van der Waals surface area contributed by atoms with Gasteiger partial charge in [0, 0.05) is 50.9 Å². The predicted octanol–water partition coefficient (Wildman–Crippen LogP) is 7.41. The highest BCUT2D eigenvalue weighted by Gasteiger charge is 2.11.